The van der Waals surface area contributed by atoms with Crippen molar-refractivity contribution in [3.63, 3.8) is 0 Å². The first-order valence-electron chi connectivity index (χ1n) is 40.1. The van der Waals surface area contributed by atoms with Crippen molar-refractivity contribution in [3.05, 3.63) is 425 Å². The minimum atomic E-state index is 1.16. The van der Waals surface area contributed by atoms with Crippen molar-refractivity contribution in [2.45, 2.75) is 0 Å². The highest BCUT2D eigenvalue weighted by molar-refractivity contribution is 6.30. The largest absolute Gasteiger partial charge is 0.309 e. The third-order valence-corrected chi connectivity index (χ3v) is 24.7. The van der Waals surface area contributed by atoms with Gasteiger partial charge >= 0.3 is 0 Å². The fourth-order valence-corrected chi connectivity index (χ4v) is 19.4. The van der Waals surface area contributed by atoms with Gasteiger partial charge in [-0.2, -0.15) is 0 Å². The van der Waals surface area contributed by atoms with Gasteiger partial charge in [0.05, 0.1) is 49.8 Å². The third kappa shape index (κ3) is 10.3. The highest BCUT2D eigenvalue weighted by Gasteiger charge is 2.23. The van der Waals surface area contributed by atoms with Crippen molar-refractivity contribution >= 4 is 163 Å². The van der Waals surface area contributed by atoms with Crippen LogP contribution in [0.1, 0.15) is 0 Å². The van der Waals surface area contributed by atoms with E-state index in [1.54, 1.807) is 0 Å². The number of fused-ring (bicyclic) bond motifs is 24. The van der Waals surface area contributed by atoms with E-state index < -0.39 is 0 Å². The molecule has 116 heavy (non-hydrogen) atoms. The van der Waals surface area contributed by atoms with Crippen molar-refractivity contribution in [3.8, 4) is 67.3 Å². The van der Waals surface area contributed by atoms with Gasteiger partial charge in [0.2, 0.25) is 0 Å². The Balaban J connectivity index is 0.000000134. The SMILES string of the molecule is c1ccc(-c2cccc(-n3c4ccccc4c4cc(-c5ccc6c(c5)c5ccccc5n6-c5cc6ccc7ccccc7c6c6c5ccc5ccccc56)ccc43)c2)cc1.c1ccc(-c2cccc(-n3c4ccccc4c4cc(-c5ccc6c(c5)c5ccccc5n6-c5ccc6c(ccc7c8ccccc8ccc67)c5)ccc43)c2)cc1. The fourth-order valence-electron chi connectivity index (χ4n) is 19.4. The molecule has 0 fully saturated rings. The summed E-state index contributed by atoms with van der Waals surface area (Å²) in [5.41, 5.74) is 24.0. The highest BCUT2D eigenvalue weighted by Crippen LogP contribution is 2.46. The molecule has 4 aromatic heterocycles. The van der Waals surface area contributed by atoms with E-state index in [9.17, 15) is 0 Å². The maximum Gasteiger partial charge on any atom is 0.0547 e. The van der Waals surface area contributed by atoms with Gasteiger partial charge in [-0.05, 0) is 224 Å². The van der Waals surface area contributed by atoms with Gasteiger partial charge in [0.15, 0.2) is 0 Å². The molecule has 4 heterocycles. The lowest BCUT2D eigenvalue weighted by Crippen LogP contribution is -1.97. The lowest BCUT2D eigenvalue weighted by molar-refractivity contribution is 1.18. The summed E-state index contributed by atoms with van der Waals surface area (Å²) in [6.45, 7) is 0. The smallest absolute Gasteiger partial charge is 0.0547 e. The maximum absolute atomic E-state index is 2.50. The average molecular weight is 1470 g/mol. The minimum absolute atomic E-state index is 1.16. The zero-order valence-electron chi connectivity index (χ0n) is 63.2. The second-order valence-electron chi connectivity index (χ2n) is 31.0. The molecule has 0 spiro atoms. The second kappa shape index (κ2) is 26.1. The summed E-state index contributed by atoms with van der Waals surface area (Å²) in [5, 5.41) is 27.9. The number of benzene rings is 21. The number of para-hydroxylation sites is 4. The van der Waals surface area contributed by atoms with Crippen LogP contribution in [0.25, 0.3) is 230 Å². The van der Waals surface area contributed by atoms with Crippen LogP contribution in [0.3, 0.4) is 0 Å². The van der Waals surface area contributed by atoms with E-state index in [4.69, 9.17) is 0 Å². The van der Waals surface area contributed by atoms with Crippen LogP contribution in [0.4, 0.5) is 0 Å². The number of aromatic nitrogens is 4. The van der Waals surface area contributed by atoms with E-state index in [0.717, 1.165) is 11.4 Å². The van der Waals surface area contributed by atoms with Crippen LogP contribution in [0.5, 0.6) is 0 Å². The van der Waals surface area contributed by atoms with Crippen LogP contribution in [-0.4, -0.2) is 18.3 Å². The average Bonchev–Trinajstić information content (AvgIpc) is 1.44. The molecule has 0 unspecified atom stereocenters. The summed E-state index contributed by atoms with van der Waals surface area (Å²) in [6, 6.07) is 156. The Morgan fingerprint density at radius 2 is 0.422 bits per heavy atom. The lowest BCUT2D eigenvalue weighted by Gasteiger charge is -2.17. The number of rotatable bonds is 8. The van der Waals surface area contributed by atoms with E-state index in [0.29, 0.717) is 0 Å². The Hall–Kier alpha value is -15.4. The zero-order chi connectivity index (χ0) is 76.1. The van der Waals surface area contributed by atoms with Crippen molar-refractivity contribution in [2.24, 2.45) is 0 Å². The van der Waals surface area contributed by atoms with Crippen LogP contribution in [0.2, 0.25) is 0 Å². The maximum atomic E-state index is 2.50. The first kappa shape index (κ1) is 65.4. The van der Waals surface area contributed by atoms with Crippen molar-refractivity contribution < 1.29 is 0 Å². The molecule has 4 heteroatoms. The summed E-state index contributed by atoms with van der Waals surface area (Å²) in [4.78, 5) is 0. The molecular formula is C112H70N4. The molecular weight excluding hydrogens is 1400 g/mol. The molecule has 0 bridgehead atoms. The first-order chi connectivity index (χ1) is 57.5. The van der Waals surface area contributed by atoms with Gasteiger partial charge in [0, 0.05) is 70.9 Å². The monoisotopic (exact) mass is 1470 g/mol. The minimum Gasteiger partial charge on any atom is -0.309 e. The van der Waals surface area contributed by atoms with Gasteiger partial charge in [0.1, 0.15) is 0 Å². The predicted octanol–water partition coefficient (Wildman–Crippen LogP) is 30.5. The van der Waals surface area contributed by atoms with Gasteiger partial charge in [-0.25, -0.2) is 0 Å². The lowest BCUT2D eigenvalue weighted by atomic mass is 9.92. The van der Waals surface area contributed by atoms with Crippen LogP contribution in [-0.2, 0) is 0 Å². The van der Waals surface area contributed by atoms with Crippen LogP contribution >= 0.6 is 0 Å². The first-order valence-corrected chi connectivity index (χ1v) is 40.1. The molecule has 25 aromatic rings. The van der Waals surface area contributed by atoms with E-state index in [1.807, 2.05) is 0 Å². The zero-order valence-corrected chi connectivity index (χ0v) is 63.2. The molecule has 0 radical (unpaired) electrons. The molecule has 538 valence electrons. The van der Waals surface area contributed by atoms with Crippen molar-refractivity contribution in [1.29, 1.82) is 0 Å². The molecule has 0 aliphatic rings. The van der Waals surface area contributed by atoms with Crippen molar-refractivity contribution in [1.82, 2.24) is 18.3 Å². The Bertz CT molecular complexity index is 8400. The standard InChI is InChI=1S/C58H36N2.C54H34N2/c1-2-13-37(14-3-1)40-17-12-18-44(33-40)59-52-23-10-8-21-47(52)50-34-41(28-31-54(50)59)42-29-32-55-51(35-42)48-22-9-11-24-53(48)60(55)56-36-43-26-25-38-15-4-6-19-45(38)57(43)58-46-20-7-5-16-39(46)27-30-49(56)58;1-2-11-35(12-3-1)37-14-10-15-41(31-37)55-51-19-8-6-17-47(51)49-33-38(23-29-53(49)55)39-24-30-54-50(34-39)48-18-7-9-20-52(48)56(54)42-25-28-44-40(32-42)22-27-45-43-16-5-4-13-36(43)21-26-46(44)45/h1-36H;1-34H. The van der Waals surface area contributed by atoms with E-state index in [2.05, 4.69) is 443 Å². The van der Waals surface area contributed by atoms with E-state index >= 15 is 0 Å². The van der Waals surface area contributed by atoms with Crippen LogP contribution < -0.4 is 0 Å². The van der Waals surface area contributed by atoms with E-state index in [1.165, 1.54) is 219 Å². The predicted molar refractivity (Wildman–Crippen MR) is 495 cm³/mol. The Kier molecular flexibility index (Phi) is 14.7. The van der Waals surface area contributed by atoms with Crippen LogP contribution in [0, 0.1) is 0 Å². The van der Waals surface area contributed by atoms with Crippen molar-refractivity contribution in [2.75, 3.05) is 0 Å². The molecule has 25 rings (SSSR count). The molecule has 0 saturated heterocycles. The fraction of sp³-hybridized carbons (Fsp3) is 0. The molecule has 0 atom stereocenters. The van der Waals surface area contributed by atoms with Gasteiger partial charge in [0.25, 0.3) is 0 Å². The Morgan fingerprint density at radius 1 is 0.121 bits per heavy atom. The summed E-state index contributed by atoms with van der Waals surface area (Å²) >= 11 is 0. The van der Waals surface area contributed by atoms with Gasteiger partial charge in [-0.15, -0.1) is 0 Å². The summed E-state index contributed by atoms with van der Waals surface area (Å²) < 4.78 is 9.75. The number of hydrogen-bond donors (Lipinski definition) is 0. The quantitative estimate of drug-likeness (QED) is 0.135. The van der Waals surface area contributed by atoms with E-state index in [-0.39, 0.29) is 0 Å². The summed E-state index contributed by atoms with van der Waals surface area (Å²) in [7, 11) is 0. The third-order valence-electron chi connectivity index (χ3n) is 24.7. The molecule has 0 aliphatic carbocycles. The Morgan fingerprint density at radius 3 is 0.888 bits per heavy atom. The molecule has 0 N–H and O–H groups in total. The summed E-state index contributed by atoms with van der Waals surface area (Å²) in [6.07, 6.45) is 0. The molecule has 21 aromatic carbocycles. The van der Waals surface area contributed by atoms with Gasteiger partial charge in [-0.1, -0.05) is 309 Å². The highest BCUT2D eigenvalue weighted by atomic mass is 15.0. The Labute approximate surface area is 668 Å². The van der Waals surface area contributed by atoms with Gasteiger partial charge in [-0.3, -0.25) is 0 Å². The molecule has 0 aliphatic heterocycles. The molecule has 0 amide bonds. The number of nitrogens with zero attached hydrogens (tertiary/aromatic N) is 4. The van der Waals surface area contributed by atoms with Crippen LogP contribution in [0.15, 0.2) is 425 Å². The number of hydrogen-bond acceptors (Lipinski definition) is 0. The summed E-state index contributed by atoms with van der Waals surface area (Å²) in [5.74, 6) is 0. The molecule has 4 nitrogen and oxygen atoms in total. The molecule has 0 saturated carbocycles. The van der Waals surface area contributed by atoms with Gasteiger partial charge < -0.3 is 18.3 Å². The second-order valence-corrected chi connectivity index (χ2v) is 31.0. The topological polar surface area (TPSA) is 19.7 Å². The normalized spacial score (nSPS) is 12.0.